The number of aromatic nitrogens is 3. The first-order valence-electron chi connectivity index (χ1n) is 5.33. The number of hydrogen-bond donors (Lipinski definition) is 1. The molecule has 0 aliphatic heterocycles. The quantitative estimate of drug-likeness (QED) is 0.917. The SMILES string of the molecule is CCn1nccc1Nc1ccc(C(F)(F)F)cn1. The molecule has 0 amide bonds. The van der Waals surface area contributed by atoms with Crippen LogP contribution in [-0.4, -0.2) is 14.8 Å². The lowest BCUT2D eigenvalue weighted by molar-refractivity contribution is -0.137. The van der Waals surface area contributed by atoms with Gasteiger partial charge < -0.3 is 5.32 Å². The van der Waals surface area contributed by atoms with E-state index >= 15 is 0 Å². The summed E-state index contributed by atoms with van der Waals surface area (Å²) in [6, 6.07) is 4.00. The van der Waals surface area contributed by atoms with Crippen LogP contribution in [0.3, 0.4) is 0 Å². The topological polar surface area (TPSA) is 42.7 Å². The molecule has 0 saturated heterocycles. The van der Waals surface area contributed by atoms with Crippen molar-refractivity contribution in [2.75, 3.05) is 5.32 Å². The van der Waals surface area contributed by atoms with Crippen LogP contribution in [0.25, 0.3) is 0 Å². The van der Waals surface area contributed by atoms with Crippen LogP contribution in [0.15, 0.2) is 30.6 Å². The van der Waals surface area contributed by atoms with E-state index in [1.165, 1.54) is 6.07 Å². The van der Waals surface area contributed by atoms with Gasteiger partial charge in [-0.2, -0.15) is 18.3 Å². The van der Waals surface area contributed by atoms with Crippen molar-refractivity contribution in [1.82, 2.24) is 14.8 Å². The van der Waals surface area contributed by atoms with Gasteiger partial charge in [0, 0.05) is 18.8 Å². The Morgan fingerprint density at radius 2 is 2.06 bits per heavy atom. The lowest BCUT2D eigenvalue weighted by atomic mass is 10.3. The number of anilines is 2. The van der Waals surface area contributed by atoms with Gasteiger partial charge in [-0.3, -0.25) is 0 Å². The van der Waals surface area contributed by atoms with Crippen molar-refractivity contribution >= 4 is 11.6 Å². The molecule has 96 valence electrons. The molecule has 2 heterocycles. The summed E-state index contributed by atoms with van der Waals surface area (Å²) in [6.45, 7) is 2.58. The van der Waals surface area contributed by atoms with E-state index in [1.54, 1.807) is 16.9 Å². The molecule has 7 heteroatoms. The Bertz CT molecular complexity index is 516. The summed E-state index contributed by atoms with van der Waals surface area (Å²) in [5.74, 6) is 1.03. The highest BCUT2D eigenvalue weighted by atomic mass is 19.4. The van der Waals surface area contributed by atoms with E-state index in [0.29, 0.717) is 18.2 Å². The van der Waals surface area contributed by atoms with Gasteiger partial charge in [-0.1, -0.05) is 0 Å². The van der Waals surface area contributed by atoms with Crippen molar-refractivity contribution in [3.05, 3.63) is 36.2 Å². The normalized spacial score (nSPS) is 11.6. The smallest absolute Gasteiger partial charge is 0.325 e. The minimum absolute atomic E-state index is 0.346. The van der Waals surface area contributed by atoms with Crippen molar-refractivity contribution in [2.45, 2.75) is 19.6 Å². The van der Waals surface area contributed by atoms with E-state index in [-0.39, 0.29) is 0 Å². The lowest BCUT2D eigenvalue weighted by Crippen LogP contribution is -2.07. The number of halogens is 3. The van der Waals surface area contributed by atoms with E-state index in [9.17, 15) is 13.2 Å². The van der Waals surface area contributed by atoms with Crippen molar-refractivity contribution < 1.29 is 13.2 Å². The summed E-state index contributed by atoms with van der Waals surface area (Å²) >= 11 is 0. The van der Waals surface area contributed by atoms with Gasteiger partial charge in [0.1, 0.15) is 11.6 Å². The van der Waals surface area contributed by atoms with E-state index < -0.39 is 11.7 Å². The van der Waals surface area contributed by atoms with Gasteiger partial charge in [0.25, 0.3) is 0 Å². The molecule has 4 nitrogen and oxygen atoms in total. The van der Waals surface area contributed by atoms with Crippen molar-refractivity contribution in [3.63, 3.8) is 0 Å². The molecule has 2 rings (SSSR count). The Kier molecular flexibility index (Phi) is 3.22. The molecular formula is C11H11F3N4. The first-order chi connectivity index (χ1) is 8.50. The first kappa shape index (κ1) is 12.4. The molecule has 0 fully saturated rings. The predicted octanol–water partition coefficient (Wildman–Crippen LogP) is 3.06. The van der Waals surface area contributed by atoms with Crippen LogP contribution in [0.4, 0.5) is 24.8 Å². The second-order valence-corrected chi connectivity index (χ2v) is 3.59. The number of pyridine rings is 1. The maximum atomic E-state index is 12.3. The Morgan fingerprint density at radius 3 is 2.61 bits per heavy atom. The minimum atomic E-state index is -4.36. The van der Waals surface area contributed by atoms with E-state index in [0.717, 1.165) is 12.3 Å². The third-order valence-corrected chi connectivity index (χ3v) is 2.36. The number of hydrogen-bond acceptors (Lipinski definition) is 3. The Morgan fingerprint density at radius 1 is 1.28 bits per heavy atom. The summed E-state index contributed by atoms with van der Waals surface area (Å²) < 4.78 is 38.7. The number of alkyl halides is 3. The molecule has 18 heavy (non-hydrogen) atoms. The fourth-order valence-corrected chi connectivity index (χ4v) is 1.46. The van der Waals surface area contributed by atoms with Gasteiger partial charge in [-0.25, -0.2) is 9.67 Å². The predicted molar refractivity (Wildman–Crippen MR) is 60.4 cm³/mol. The molecule has 0 saturated carbocycles. The van der Waals surface area contributed by atoms with Crippen LogP contribution < -0.4 is 5.32 Å². The van der Waals surface area contributed by atoms with Crippen molar-refractivity contribution in [2.24, 2.45) is 0 Å². The van der Waals surface area contributed by atoms with Crippen molar-refractivity contribution in [1.29, 1.82) is 0 Å². The highest BCUT2D eigenvalue weighted by Gasteiger charge is 2.30. The number of nitrogens with zero attached hydrogens (tertiary/aromatic N) is 3. The van der Waals surface area contributed by atoms with E-state index in [4.69, 9.17) is 0 Å². The van der Waals surface area contributed by atoms with E-state index in [2.05, 4.69) is 15.4 Å². The average Bonchev–Trinajstić information content (AvgIpc) is 2.76. The number of nitrogens with one attached hydrogen (secondary N) is 1. The maximum absolute atomic E-state index is 12.3. The zero-order valence-corrected chi connectivity index (χ0v) is 9.57. The Balaban J connectivity index is 2.16. The molecule has 1 N–H and O–H groups in total. The minimum Gasteiger partial charge on any atom is -0.325 e. The van der Waals surface area contributed by atoms with Crippen molar-refractivity contribution in [3.8, 4) is 0 Å². The fraction of sp³-hybridized carbons (Fsp3) is 0.273. The highest BCUT2D eigenvalue weighted by Crippen LogP contribution is 2.29. The third kappa shape index (κ3) is 2.61. The highest BCUT2D eigenvalue weighted by molar-refractivity contribution is 5.51. The molecule has 0 spiro atoms. The monoisotopic (exact) mass is 256 g/mol. The van der Waals surface area contributed by atoms with Gasteiger partial charge in [0.05, 0.1) is 11.8 Å². The average molecular weight is 256 g/mol. The molecule has 0 aliphatic carbocycles. The molecular weight excluding hydrogens is 245 g/mol. The third-order valence-electron chi connectivity index (χ3n) is 2.36. The largest absolute Gasteiger partial charge is 0.417 e. The van der Waals surface area contributed by atoms with Crippen LogP contribution in [-0.2, 0) is 12.7 Å². The second-order valence-electron chi connectivity index (χ2n) is 3.59. The van der Waals surface area contributed by atoms with Crippen LogP contribution >= 0.6 is 0 Å². The van der Waals surface area contributed by atoms with Gasteiger partial charge in [-0.05, 0) is 19.1 Å². The molecule has 0 unspecified atom stereocenters. The van der Waals surface area contributed by atoms with Crippen LogP contribution in [0, 0.1) is 0 Å². The summed E-state index contributed by atoms with van der Waals surface area (Å²) in [5.41, 5.74) is -0.767. The van der Waals surface area contributed by atoms with Gasteiger partial charge >= 0.3 is 6.18 Å². The first-order valence-corrected chi connectivity index (χ1v) is 5.33. The van der Waals surface area contributed by atoms with E-state index in [1.807, 2.05) is 6.92 Å². The van der Waals surface area contributed by atoms with Gasteiger partial charge in [-0.15, -0.1) is 0 Å². The summed E-state index contributed by atoms with van der Waals surface area (Å²) in [4.78, 5) is 3.72. The van der Waals surface area contributed by atoms with Crippen LogP contribution in [0.1, 0.15) is 12.5 Å². The summed E-state index contributed by atoms with van der Waals surface area (Å²) in [7, 11) is 0. The molecule has 0 atom stereocenters. The Hall–Kier alpha value is -2.05. The molecule has 0 aromatic carbocycles. The summed E-state index contributed by atoms with van der Waals surface area (Å²) in [6.07, 6.45) is -1.96. The zero-order chi connectivity index (χ0) is 13.2. The van der Waals surface area contributed by atoms with Gasteiger partial charge in [0.15, 0.2) is 0 Å². The fourth-order valence-electron chi connectivity index (χ4n) is 1.46. The second kappa shape index (κ2) is 4.67. The van der Waals surface area contributed by atoms with Gasteiger partial charge in [0.2, 0.25) is 0 Å². The zero-order valence-electron chi connectivity index (χ0n) is 9.57. The molecule has 0 radical (unpaired) electrons. The van der Waals surface area contributed by atoms with Crippen LogP contribution in [0.2, 0.25) is 0 Å². The maximum Gasteiger partial charge on any atom is 0.417 e. The number of rotatable bonds is 3. The van der Waals surface area contributed by atoms with Crippen LogP contribution in [0.5, 0.6) is 0 Å². The molecule has 2 aromatic rings. The Labute approximate surface area is 101 Å². The summed E-state index contributed by atoms with van der Waals surface area (Å²) in [5, 5.41) is 6.94. The lowest BCUT2D eigenvalue weighted by Gasteiger charge is -2.09. The number of aryl methyl sites for hydroxylation is 1. The molecule has 0 bridgehead atoms. The molecule has 2 aromatic heterocycles. The molecule has 0 aliphatic rings. The standard InChI is InChI=1S/C11H11F3N4/c1-2-18-10(5-6-16-18)17-9-4-3-8(7-15-9)11(12,13)14/h3-7H,2H2,1H3,(H,15,17).